The molecule has 1 unspecified atom stereocenters. The number of nitrogens with one attached hydrogen (secondary N) is 1. The second-order valence-electron chi connectivity index (χ2n) is 5.69. The monoisotopic (exact) mass is 335 g/mol. The van der Waals surface area contributed by atoms with Crippen molar-refractivity contribution in [2.75, 3.05) is 20.1 Å². The fraction of sp³-hybridized carbons (Fsp3) is 0.467. The van der Waals surface area contributed by atoms with Crippen LogP contribution in [-0.2, 0) is 16.6 Å². The first-order valence-electron chi connectivity index (χ1n) is 7.69. The lowest BCUT2D eigenvalue weighted by Crippen LogP contribution is -2.47. The molecule has 1 aromatic carbocycles. The van der Waals surface area contributed by atoms with Crippen LogP contribution in [0.25, 0.3) is 0 Å². The summed E-state index contributed by atoms with van der Waals surface area (Å²) in [6, 6.07) is 7.31. The molecule has 124 valence electrons. The van der Waals surface area contributed by atoms with Gasteiger partial charge in [-0.1, -0.05) is 18.2 Å². The summed E-state index contributed by atoms with van der Waals surface area (Å²) < 4.78 is 29.3. The van der Waals surface area contributed by atoms with Gasteiger partial charge in [0.05, 0.1) is 11.4 Å². The van der Waals surface area contributed by atoms with Crippen molar-refractivity contribution in [2.24, 2.45) is 0 Å². The number of benzene rings is 1. The quantitative estimate of drug-likeness (QED) is 0.870. The average Bonchev–Trinajstić information content (AvgIpc) is 3.08. The molecule has 0 amide bonds. The highest BCUT2D eigenvalue weighted by atomic mass is 32.2. The van der Waals surface area contributed by atoms with Gasteiger partial charge in [0.2, 0.25) is 10.0 Å². The summed E-state index contributed by atoms with van der Waals surface area (Å²) in [7, 11) is -1.63. The highest BCUT2D eigenvalue weighted by Crippen LogP contribution is 2.24. The summed E-state index contributed by atoms with van der Waals surface area (Å²) in [6.07, 6.45) is 4.90. The molecule has 1 aliphatic heterocycles. The topological polar surface area (TPSA) is 80.1 Å². The molecule has 0 spiro atoms. The van der Waals surface area contributed by atoms with Gasteiger partial charge in [-0.2, -0.15) is 9.40 Å². The minimum Gasteiger partial charge on any atom is -0.316 e. The third-order valence-corrected chi connectivity index (χ3v) is 6.15. The number of likely N-dealkylation sites (N-methyl/N-ethyl adjacent to an activating group) is 1. The Bertz CT molecular complexity index is 745. The standard InChI is InChI=1S/C15H21N5O2S/c1-16-14-6-4-8-20(10-14)23(21,22)15-7-3-2-5-13(15)9-19-12-17-11-18-19/h2-3,5,7,11-12,14,16H,4,6,8-10H2,1H3. The van der Waals surface area contributed by atoms with Gasteiger partial charge in [-0.05, 0) is 31.5 Å². The molecule has 0 aliphatic carbocycles. The van der Waals surface area contributed by atoms with Gasteiger partial charge >= 0.3 is 0 Å². The predicted octanol–water partition coefficient (Wildman–Crippen LogP) is 0.699. The Balaban J connectivity index is 1.90. The highest BCUT2D eigenvalue weighted by Gasteiger charge is 2.31. The molecule has 7 nitrogen and oxygen atoms in total. The van der Waals surface area contributed by atoms with Crippen LogP contribution in [0.1, 0.15) is 18.4 Å². The Morgan fingerprint density at radius 3 is 2.91 bits per heavy atom. The number of hydrogen-bond acceptors (Lipinski definition) is 5. The molecule has 0 radical (unpaired) electrons. The van der Waals surface area contributed by atoms with Crippen LogP contribution in [0, 0.1) is 0 Å². The van der Waals surface area contributed by atoms with Gasteiger partial charge < -0.3 is 5.32 Å². The van der Waals surface area contributed by atoms with E-state index < -0.39 is 10.0 Å². The Morgan fingerprint density at radius 2 is 2.17 bits per heavy atom. The summed E-state index contributed by atoms with van der Waals surface area (Å²) in [5, 5.41) is 7.24. The second-order valence-corrected chi connectivity index (χ2v) is 7.60. The van der Waals surface area contributed by atoms with Gasteiger partial charge in [-0.25, -0.2) is 18.1 Å². The molecule has 2 heterocycles. The largest absolute Gasteiger partial charge is 0.316 e. The molecule has 1 N–H and O–H groups in total. The molecular formula is C15H21N5O2S. The third kappa shape index (κ3) is 3.44. The van der Waals surface area contributed by atoms with Crippen LogP contribution < -0.4 is 5.32 Å². The van der Waals surface area contributed by atoms with Crippen LogP contribution in [0.2, 0.25) is 0 Å². The van der Waals surface area contributed by atoms with Crippen molar-refractivity contribution < 1.29 is 8.42 Å². The maximum atomic E-state index is 13.1. The van der Waals surface area contributed by atoms with Crippen LogP contribution in [0.4, 0.5) is 0 Å². The predicted molar refractivity (Wildman–Crippen MR) is 86.4 cm³/mol. The minimum absolute atomic E-state index is 0.209. The third-order valence-electron chi connectivity index (χ3n) is 4.18. The Morgan fingerprint density at radius 1 is 1.35 bits per heavy atom. The fourth-order valence-electron chi connectivity index (χ4n) is 2.91. The van der Waals surface area contributed by atoms with E-state index in [0.29, 0.717) is 24.5 Å². The summed E-state index contributed by atoms with van der Waals surface area (Å²) in [6.45, 7) is 1.47. The molecule has 1 saturated heterocycles. The first kappa shape index (κ1) is 16.1. The maximum absolute atomic E-state index is 13.1. The van der Waals surface area contributed by atoms with Crippen molar-refractivity contribution in [3.8, 4) is 0 Å². The minimum atomic E-state index is -3.51. The fourth-order valence-corrected chi connectivity index (χ4v) is 4.65. The molecule has 8 heteroatoms. The van der Waals surface area contributed by atoms with E-state index >= 15 is 0 Å². The number of rotatable bonds is 5. The number of hydrogen-bond donors (Lipinski definition) is 1. The van der Waals surface area contributed by atoms with E-state index in [1.807, 2.05) is 19.2 Å². The summed E-state index contributed by atoms with van der Waals surface area (Å²) >= 11 is 0. The van der Waals surface area contributed by atoms with Gasteiger partial charge in [0.1, 0.15) is 12.7 Å². The molecule has 0 bridgehead atoms. The van der Waals surface area contributed by atoms with E-state index in [1.54, 1.807) is 27.4 Å². The zero-order chi connectivity index (χ0) is 16.3. The average molecular weight is 335 g/mol. The van der Waals surface area contributed by atoms with Gasteiger partial charge in [0.25, 0.3) is 0 Å². The molecule has 1 aliphatic rings. The smallest absolute Gasteiger partial charge is 0.243 e. The normalized spacial score (nSPS) is 19.8. The van der Waals surface area contributed by atoms with E-state index in [9.17, 15) is 8.42 Å². The van der Waals surface area contributed by atoms with Crippen LogP contribution in [0.5, 0.6) is 0 Å². The number of piperidine rings is 1. The van der Waals surface area contributed by atoms with Crippen LogP contribution >= 0.6 is 0 Å². The van der Waals surface area contributed by atoms with Crippen molar-refractivity contribution in [3.05, 3.63) is 42.5 Å². The first-order valence-corrected chi connectivity index (χ1v) is 9.13. The summed E-state index contributed by atoms with van der Waals surface area (Å²) in [4.78, 5) is 4.26. The number of aromatic nitrogens is 3. The summed E-state index contributed by atoms with van der Waals surface area (Å²) in [5.74, 6) is 0. The van der Waals surface area contributed by atoms with Crippen molar-refractivity contribution in [2.45, 2.75) is 30.3 Å². The van der Waals surface area contributed by atoms with E-state index in [0.717, 1.165) is 18.4 Å². The number of nitrogens with zero attached hydrogens (tertiary/aromatic N) is 4. The number of sulfonamides is 1. The maximum Gasteiger partial charge on any atom is 0.243 e. The van der Waals surface area contributed by atoms with Gasteiger partial charge in [0.15, 0.2) is 0 Å². The molecule has 2 aromatic rings. The van der Waals surface area contributed by atoms with E-state index in [2.05, 4.69) is 15.4 Å². The van der Waals surface area contributed by atoms with Crippen LogP contribution in [0.3, 0.4) is 0 Å². The molecule has 3 rings (SSSR count). The van der Waals surface area contributed by atoms with Crippen molar-refractivity contribution in [3.63, 3.8) is 0 Å². The van der Waals surface area contributed by atoms with E-state index in [-0.39, 0.29) is 6.04 Å². The Kier molecular flexibility index (Phi) is 4.74. The Labute approximate surface area is 136 Å². The van der Waals surface area contributed by atoms with Crippen LogP contribution in [-0.4, -0.2) is 53.7 Å². The van der Waals surface area contributed by atoms with Crippen molar-refractivity contribution >= 4 is 10.0 Å². The highest BCUT2D eigenvalue weighted by molar-refractivity contribution is 7.89. The molecule has 1 atom stereocenters. The molecule has 1 aromatic heterocycles. The lowest BCUT2D eigenvalue weighted by Gasteiger charge is -2.32. The van der Waals surface area contributed by atoms with E-state index in [4.69, 9.17) is 0 Å². The molecule has 0 saturated carbocycles. The first-order chi connectivity index (χ1) is 11.1. The second kappa shape index (κ2) is 6.77. The van der Waals surface area contributed by atoms with Gasteiger partial charge in [0, 0.05) is 19.1 Å². The van der Waals surface area contributed by atoms with Gasteiger partial charge in [-0.3, -0.25) is 0 Å². The Hall–Kier alpha value is -1.77. The van der Waals surface area contributed by atoms with E-state index in [1.165, 1.54) is 6.33 Å². The summed E-state index contributed by atoms with van der Waals surface area (Å²) in [5.41, 5.74) is 0.726. The molecule has 1 fully saturated rings. The van der Waals surface area contributed by atoms with Crippen molar-refractivity contribution in [1.29, 1.82) is 0 Å². The molecular weight excluding hydrogens is 314 g/mol. The van der Waals surface area contributed by atoms with Gasteiger partial charge in [-0.15, -0.1) is 0 Å². The molecule has 23 heavy (non-hydrogen) atoms. The lowest BCUT2D eigenvalue weighted by atomic mass is 10.1. The SMILES string of the molecule is CNC1CCCN(S(=O)(=O)c2ccccc2Cn2cncn2)C1. The van der Waals surface area contributed by atoms with Crippen molar-refractivity contribution in [1.82, 2.24) is 24.4 Å². The lowest BCUT2D eigenvalue weighted by molar-refractivity contribution is 0.292. The zero-order valence-corrected chi connectivity index (χ0v) is 13.9. The zero-order valence-electron chi connectivity index (χ0n) is 13.1. The van der Waals surface area contributed by atoms with Crippen LogP contribution in [0.15, 0.2) is 41.8 Å².